The topological polar surface area (TPSA) is 25.8 Å². The molecule has 8 rings (SSSR count). The van der Waals surface area contributed by atoms with E-state index in [4.69, 9.17) is 9.97 Å². The third-order valence-corrected chi connectivity index (χ3v) is 6.71. The molecule has 0 N–H and O–H groups in total. The van der Waals surface area contributed by atoms with E-state index in [1.165, 1.54) is 41.5 Å². The molecule has 0 fully saturated rings. The molecule has 2 aromatic carbocycles. The monoisotopic (exact) mass is 418 g/mol. The second-order valence-electron chi connectivity index (χ2n) is 9.40. The summed E-state index contributed by atoms with van der Waals surface area (Å²) >= 11 is 0. The first-order chi connectivity index (χ1) is 15.6. The maximum absolute atomic E-state index is 5.07. The summed E-state index contributed by atoms with van der Waals surface area (Å²) in [6, 6.07) is 30.6. The van der Waals surface area contributed by atoms with Gasteiger partial charge in [0.05, 0.1) is 22.8 Å². The van der Waals surface area contributed by atoms with Gasteiger partial charge in [0.1, 0.15) is 0 Å². The van der Waals surface area contributed by atoms with E-state index in [0.717, 1.165) is 35.6 Å². The van der Waals surface area contributed by atoms with Gasteiger partial charge in [-0.05, 0) is 74.9 Å². The lowest BCUT2D eigenvalue weighted by Crippen LogP contribution is -2.22. The van der Waals surface area contributed by atoms with E-state index in [1.54, 1.807) is 0 Å². The van der Waals surface area contributed by atoms with Crippen LogP contribution < -0.4 is 0 Å². The Labute approximate surface area is 191 Å². The predicted octanol–water partition coefficient (Wildman–Crippen LogP) is 7.41. The number of hydrogen-bond acceptors (Lipinski definition) is 2. The zero-order valence-electron chi connectivity index (χ0n) is 19.0. The minimum Gasteiger partial charge on any atom is -0.252 e. The molecular weight excluding hydrogens is 388 g/mol. The molecule has 0 saturated heterocycles. The van der Waals surface area contributed by atoms with E-state index >= 15 is 0 Å². The van der Waals surface area contributed by atoms with Crippen LogP contribution in [0.5, 0.6) is 0 Å². The van der Waals surface area contributed by atoms with Gasteiger partial charge in [0.15, 0.2) is 0 Å². The molecule has 4 aliphatic heterocycles. The first kappa shape index (κ1) is 20.6. The number of nitrogens with zero attached hydrogens (tertiary/aromatic N) is 2. The fraction of sp³-hybridized carbons (Fsp3) is 0.267. The number of aromatic nitrogens is 2. The second-order valence-corrected chi connectivity index (χ2v) is 9.40. The first-order valence-corrected chi connectivity index (χ1v) is 11.7. The van der Waals surface area contributed by atoms with Crippen molar-refractivity contribution in [2.45, 2.75) is 51.4 Å². The molecule has 0 aliphatic carbocycles. The van der Waals surface area contributed by atoms with Crippen molar-refractivity contribution in [1.29, 1.82) is 0 Å². The molecule has 6 heterocycles. The van der Waals surface area contributed by atoms with E-state index in [1.807, 2.05) is 0 Å². The molecule has 0 amide bonds. The Morgan fingerprint density at radius 3 is 1.41 bits per heavy atom. The van der Waals surface area contributed by atoms with Crippen molar-refractivity contribution in [3.8, 4) is 22.5 Å². The van der Waals surface area contributed by atoms with Crippen LogP contribution in [0.2, 0.25) is 0 Å². The van der Waals surface area contributed by atoms with Gasteiger partial charge in [-0.3, -0.25) is 9.97 Å². The zero-order chi connectivity index (χ0) is 22.0. The lowest BCUT2D eigenvalue weighted by atomic mass is 9.84. The molecule has 2 heteroatoms. The van der Waals surface area contributed by atoms with Crippen molar-refractivity contribution in [1.82, 2.24) is 9.97 Å². The Hall–Kier alpha value is -3.26. The van der Waals surface area contributed by atoms with Crippen molar-refractivity contribution in [2.75, 3.05) is 0 Å². The van der Waals surface area contributed by atoms with Crippen LogP contribution in [0, 0.1) is 0 Å². The fourth-order valence-electron chi connectivity index (χ4n) is 4.54. The summed E-state index contributed by atoms with van der Waals surface area (Å²) in [7, 11) is 0. The molecule has 0 atom stereocenters. The molecule has 2 aromatic heterocycles. The Bertz CT molecular complexity index is 1110. The smallest absolute Gasteiger partial charge is 0.0705 e. The standard InChI is InChI=1S/C30H30N2/c1-30(2)28-12-6-10-26(31-28)24-18-14-22(15-19-24)8-4-3-5-9-23-16-20-25(21-17-23)27-11-7-13-29(30)32-27/h6-7,10-21H,3-5,8-9H2,1-2H3. The first-order valence-electron chi connectivity index (χ1n) is 11.7. The van der Waals surface area contributed by atoms with Crippen LogP contribution >= 0.6 is 0 Å². The highest BCUT2D eigenvalue weighted by Gasteiger charge is 2.27. The molecular formula is C30H30N2. The highest BCUT2D eigenvalue weighted by Crippen LogP contribution is 2.32. The van der Waals surface area contributed by atoms with Crippen molar-refractivity contribution < 1.29 is 0 Å². The summed E-state index contributed by atoms with van der Waals surface area (Å²) in [5, 5.41) is 0. The lowest BCUT2D eigenvalue weighted by Gasteiger charge is -2.25. The Kier molecular flexibility index (Phi) is 5.61. The van der Waals surface area contributed by atoms with Gasteiger partial charge >= 0.3 is 0 Å². The van der Waals surface area contributed by atoms with E-state index in [-0.39, 0.29) is 5.41 Å². The molecule has 2 nitrogen and oxygen atoms in total. The van der Waals surface area contributed by atoms with Gasteiger partial charge in [-0.25, -0.2) is 0 Å². The van der Waals surface area contributed by atoms with Crippen molar-refractivity contribution >= 4 is 0 Å². The van der Waals surface area contributed by atoms with Crippen molar-refractivity contribution in [2.24, 2.45) is 0 Å². The molecule has 0 unspecified atom stereocenters. The summed E-state index contributed by atoms with van der Waals surface area (Å²) < 4.78 is 0. The Morgan fingerprint density at radius 1 is 0.531 bits per heavy atom. The fourth-order valence-corrected chi connectivity index (χ4v) is 4.54. The van der Waals surface area contributed by atoms with E-state index < -0.39 is 0 Å². The van der Waals surface area contributed by atoms with Gasteiger partial charge in [0.2, 0.25) is 0 Å². The molecule has 4 aromatic rings. The highest BCUT2D eigenvalue weighted by molar-refractivity contribution is 5.61. The normalized spacial score (nSPS) is 15.4. The number of benzene rings is 2. The van der Waals surface area contributed by atoms with Crippen LogP contribution in [0.3, 0.4) is 0 Å². The summed E-state index contributed by atoms with van der Waals surface area (Å²) in [6.45, 7) is 4.42. The molecule has 160 valence electrons. The van der Waals surface area contributed by atoms with Crippen molar-refractivity contribution in [3.63, 3.8) is 0 Å². The average Bonchev–Trinajstić information content (AvgIpc) is 2.84. The molecule has 8 bridgehead atoms. The van der Waals surface area contributed by atoms with Crippen LogP contribution in [-0.2, 0) is 18.3 Å². The van der Waals surface area contributed by atoms with Gasteiger partial charge in [-0.1, -0.05) is 67.1 Å². The number of pyridine rings is 2. The maximum Gasteiger partial charge on any atom is 0.0705 e. The third kappa shape index (κ3) is 4.23. The van der Waals surface area contributed by atoms with Gasteiger partial charge in [0, 0.05) is 16.5 Å². The van der Waals surface area contributed by atoms with Gasteiger partial charge in [-0.2, -0.15) is 0 Å². The highest BCUT2D eigenvalue weighted by atomic mass is 14.8. The molecule has 4 aliphatic rings. The molecule has 32 heavy (non-hydrogen) atoms. The van der Waals surface area contributed by atoms with Gasteiger partial charge in [-0.15, -0.1) is 0 Å². The van der Waals surface area contributed by atoms with E-state index in [9.17, 15) is 0 Å². The van der Waals surface area contributed by atoms with Crippen molar-refractivity contribution in [3.05, 3.63) is 107 Å². The predicted molar refractivity (Wildman–Crippen MR) is 133 cm³/mol. The maximum atomic E-state index is 5.07. The zero-order valence-corrected chi connectivity index (χ0v) is 19.0. The van der Waals surface area contributed by atoms with Gasteiger partial charge < -0.3 is 0 Å². The van der Waals surface area contributed by atoms with Crippen LogP contribution in [0.25, 0.3) is 22.5 Å². The van der Waals surface area contributed by atoms with E-state index in [2.05, 4.69) is 98.8 Å². The SMILES string of the molecule is CC1(C)c2cccc(n2)-c2ccc(cc2)CCCCCc2ccc(cc2)-c2cccc1n2. The summed E-state index contributed by atoms with van der Waals surface area (Å²) in [6.07, 6.45) is 6.00. The number of aryl methyl sites for hydroxylation is 2. The van der Waals surface area contributed by atoms with Crippen LogP contribution in [0.1, 0.15) is 55.6 Å². The summed E-state index contributed by atoms with van der Waals surface area (Å²) in [4.78, 5) is 10.1. The Balaban J connectivity index is 1.59. The minimum absolute atomic E-state index is 0.299. The molecule has 0 radical (unpaired) electrons. The number of rotatable bonds is 0. The van der Waals surface area contributed by atoms with E-state index in [0.29, 0.717) is 0 Å². The quantitative estimate of drug-likeness (QED) is 0.297. The van der Waals surface area contributed by atoms with Crippen LogP contribution in [0.15, 0.2) is 84.9 Å². The second kappa shape index (κ2) is 8.70. The summed E-state index contributed by atoms with van der Waals surface area (Å²) in [5.74, 6) is 0. The number of hydrogen-bond donors (Lipinski definition) is 0. The van der Waals surface area contributed by atoms with Crippen LogP contribution in [0.4, 0.5) is 0 Å². The van der Waals surface area contributed by atoms with Crippen LogP contribution in [-0.4, -0.2) is 9.97 Å². The molecule has 0 saturated carbocycles. The Morgan fingerprint density at radius 2 is 0.969 bits per heavy atom. The lowest BCUT2D eigenvalue weighted by molar-refractivity contribution is 0.597. The molecule has 0 spiro atoms. The minimum atomic E-state index is -0.299. The third-order valence-electron chi connectivity index (χ3n) is 6.71. The average molecular weight is 419 g/mol. The largest absolute Gasteiger partial charge is 0.252 e. The van der Waals surface area contributed by atoms with Gasteiger partial charge in [0.25, 0.3) is 0 Å². The summed E-state index contributed by atoms with van der Waals surface area (Å²) in [5.41, 5.74) is 8.96.